The first kappa shape index (κ1) is 16.4. The zero-order valence-corrected chi connectivity index (χ0v) is 12.3. The van der Waals surface area contributed by atoms with Crippen LogP contribution in [0.15, 0.2) is 23.1 Å². The van der Waals surface area contributed by atoms with Gasteiger partial charge in [-0.05, 0) is 6.07 Å². The molecule has 0 radical (unpaired) electrons. The third kappa shape index (κ3) is 4.36. The molecule has 10 heteroatoms. The van der Waals surface area contributed by atoms with E-state index in [0.717, 1.165) is 6.07 Å². The van der Waals surface area contributed by atoms with Gasteiger partial charge in [-0.25, -0.2) is 13.6 Å². The molecule has 0 fully saturated rings. The molecule has 0 amide bonds. The van der Waals surface area contributed by atoms with Gasteiger partial charge in [-0.2, -0.15) is 0 Å². The summed E-state index contributed by atoms with van der Waals surface area (Å²) in [7, 11) is -4.18. The van der Waals surface area contributed by atoms with Crippen LogP contribution in [0.3, 0.4) is 0 Å². The van der Waals surface area contributed by atoms with Crippen LogP contribution in [0, 0.1) is 0 Å². The molecular formula is C6H7BF3KN2O2S. The van der Waals surface area contributed by atoms with Crippen molar-refractivity contribution >= 4 is 28.2 Å². The van der Waals surface area contributed by atoms with E-state index in [1.807, 2.05) is 0 Å². The molecule has 0 aliphatic heterocycles. The van der Waals surface area contributed by atoms with Crippen LogP contribution in [0.5, 0.6) is 0 Å². The Morgan fingerprint density at radius 2 is 1.62 bits per heavy atom. The summed E-state index contributed by atoms with van der Waals surface area (Å²) in [4.78, 5) is -0.642. The summed E-state index contributed by atoms with van der Waals surface area (Å²) in [5, 5.41) is 4.69. The molecule has 0 saturated carbocycles. The number of hydrogen-bond acceptors (Lipinski definition) is 3. The Labute approximate surface area is 133 Å². The molecule has 1 rings (SSSR count). The number of hydrogen-bond donors (Lipinski definition) is 2. The molecule has 0 atom stereocenters. The second-order valence-electron chi connectivity index (χ2n) is 2.96. The van der Waals surface area contributed by atoms with Gasteiger partial charge in [-0.3, -0.25) is 0 Å². The maximum absolute atomic E-state index is 12.3. The van der Waals surface area contributed by atoms with Gasteiger partial charge in [-0.1, -0.05) is 12.1 Å². The Kier molecular flexibility index (Phi) is 5.52. The van der Waals surface area contributed by atoms with Gasteiger partial charge in [-0.15, -0.1) is 5.46 Å². The van der Waals surface area contributed by atoms with Gasteiger partial charge in [0.25, 0.3) is 0 Å². The number of nitrogen functional groups attached to an aromatic ring is 1. The maximum atomic E-state index is 12.3. The van der Waals surface area contributed by atoms with Crippen LogP contribution >= 0.6 is 0 Å². The topological polar surface area (TPSA) is 86.2 Å². The molecule has 1 aromatic rings. The van der Waals surface area contributed by atoms with Crippen LogP contribution in [0.4, 0.5) is 18.6 Å². The minimum absolute atomic E-state index is 0. The fourth-order valence-corrected chi connectivity index (χ4v) is 1.60. The van der Waals surface area contributed by atoms with E-state index in [9.17, 15) is 21.4 Å². The van der Waals surface area contributed by atoms with Crippen LogP contribution in [0.2, 0.25) is 0 Å². The number of rotatable bonds is 2. The second-order valence-corrected chi connectivity index (χ2v) is 4.52. The SMILES string of the molecule is Nc1cc([B-](F)(F)F)cc(S(N)(=O)=O)c1.[K+]. The molecule has 0 bridgehead atoms. The van der Waals surface area contributed by atoms with Gasteiger partial charge < -0.3 is 18.7 Å². The molecule has 0 spiro atoms. The summed E-state index contributed by atoms with van der Waals surface area (Å²) >= 11 is 0. The average molecular weight is 278 g/mol. The van der Waals surface area contributed by atoms with E-state index >= 15 is 0 Å². The first-order chi connectivity index (χ1) is 6.60. The molecule has 0 aliphatic carbocycles. The molecule has 84 valence electrons. The molecule has 0 unspecified atom stereocenters. The second kappa shape index (κ2) is 5.38. The zero-order chi connectivity index (χ0) is 11.9. The van der Waals surface area contributed by atoms with Crippen LogP contribution < -0.4 is 67.7 Å². The van der Waals surface area contributed by atoms with Crippen molar-refractivity contribution in [1.82, 2.24) is 0 Å². The molecule has 0 heterocycles. The summed E-state index contributed by atoms with van der Waals surface area (Å²) in [6.07, 6.45) is 0. The van der Waals surface area contributed by atoms with Gasteiger partial charge in [0.1, 0.15) is 0 Å². The first-order valence-electron chi connectivity index (χ1n) is 3.74. The Morgan fingerprint density at radius 3 is 2.00 bits per heavy atom. The Balaban J connectivity index is 0.00000225. The number of anilines is 1. The van der Waals surface area contributed by atoms with E-state index < -0.39 is 27.4 Å². The number of nitrogens with two attached hydrogens (primary N) is 2. The van der Waals surface area contributed by atoms with Gasteiger partial charge in [0.2, 0.25) is 10.0 Å². The Hall–Kier alpha value is 0.421. The van der Waals surface area contributed by atoms with Crippen molar-refractivity contribution in [3.05, 3.63) is 18.2 Å². The number of halogens is 3. The van der Waals surface area contributed by atoms with Crippen molar-refractivity contribution in [2.45, 2.75) is 4.90 Å². The van der Waals surface area contributed by atoms with E-state index in [1.54, 1.807) is 0 Å². The predicted molar refractivity (Wildman–Crippen MR) is 50.9 cm³/mol. The first-order valence-corrected chi connectivity index (χ1v) is 5.28. The monoisotopic (exact) mass is 278 g/mol. The largest absolute Gasteiger partial charge is 1.00 e. The molecule has 4 N–H and O–H groups in total. The molecular weight excluding hydrogens is 271 g/mol. The van der Waals surface area contributed by atoms with Gasteiger partial charge in [0.15, 0.2) is 0 Å². The van der Waals surface area contributed by atoms with E-state index in [-0.39, 0.29) is 57.1 Å². The van der Waals surface area contributed by atoms with Crippen molar-refractivity contribution in [1.29, 1.82) is 0 Å². The van der Waals surface area contributed by atoms with Crippen LogP contribution in [-0.2, 0) is 10.0 Å². The van der Waals surface area contributed by atoms with Crippen molar-refractivity contribution in [2.24, 2.45) is 5.14 Å². The third-order valence-corrected chi connectivity index (χ3v) is 2.55. The van der Waals surface area contributed by atoms with E-state index in [0.29, 0.717) is 12.1 Å². The number of sulfonamides is 1. The zero-order valence-electron chi connectivity index (χ0n) is 8.32. The summed E-state index contributed by atoms with van der Waals surface area (Å²) in [6, 6.07) is 2.00. The van der Waals surface area contributed by atoms with Crippen molar-refractivity contribution in [3.63, 3.8) is 0 Å². The Bertz CT molecular complexity index is 491. The minimum Gasteiger partial charge on any atom is -0.445 e. The summed E-state index contributed by atoms with van der Waals surface area (Å²) in [5.74, 6) is 0. The third-order valence-electron chi connectivity index (χ3n) is 1.66. The fourth-order valence-electron chi connectivity index (χ4n) is 0.999. The van der Waals surface area contributed by atoms with E-state index in [4.69, 9.17) is 10.9 Å². The summed E-state index contributed by atoms with van der Waals surface area (Å²) < 4.78 is 58.6. The normalized spacial score (nSPS) is 12.0. The molecule has 0 saturated heterocycles. The molecule has 0 aliphatic rings. The quantitative estimate of drug-likeness (QED) is 0.446. The summed E-state index contributed by atoms with van der Waals surface area (Å²) in [5.41, 5.74) is 3.76. The van der Waals surface area contributed by atoms with Crippen molar-refractivity contribution in [3.8, 4) is 0 Å². The van der Waals surface area contributed by atoms with Crippen LogP contribution in [-0.4, -0.2) is 15.4 Å². The van der Waals surface area contributed by atoms with Crippen LogP contribution in [0.1, 0.15) is 0 Å². The van der Waals surface area contributed by atoms with Gasteiger partial charge in [0, 0.05) is 5.69 Å². The molecule has 4 nitrogen and oxygen atoms in total. The molecule has 0 aromatic heterocycles. The number of primary sulfonamides is 1. The van der Waals surface area contributed by atoms with Crippen molar-refractivity contribution in [2.75, 3.05) is 5.73 Å². The smallest absolute Gasteiger partial charge is 0.445 e. The van der Waals surface area contributed by atoms with E-state index in [1.165, 1.54) is 0 Å². The fraction of sp³-hybridized carbons (Fsp3) is 0. The molecule has 1 aromatic carbocycles. The van der Waals surface area contributed by atoms with E-state index in [2.05, 4.69) is 0 Å². The van der Waals surface area contributed by atoms with Crippen LogP contribution in [0.25, 0.3) is 0 Å². The van der Waals surface area contributed by atoms with Crippen molar-refractivity contribution < 1.29 is 72.7 Å². The average Bonchev–Trinajstić information content (AvgIpc) is 1.99. The maximum Gasteiger partial charge on any atom is 1.00 e. The van der Waals surface area contributed by atoms with Gasteiger partial charge >= 0.3 is 58.4 Å². The van der Waals surface area contributed by atoms with Gasteiger partial charge in [0.05, 0.1) is 4.90 Å². The standard InChI is InChI=1S/C6H7BF3N2O2S.K/c8-7(9,10)4-1-5(11)3-6(2-4)15(12,13)14;/h1-3H,11H2,(H2,12,13,14);/q-1;+1. The predicted octanol–water partition coefficient (Wildman–Crippen LogP) is -3.03. The summed E-state index contributed by atoms with van der Waals surface area (Å²) in [6.45, 7) is -5.30. The minimum atomic E-state index is -5.30. The molecule has 16 heavy (non-hydrogen) atoms. The number of benzene rings is 1. The Morgan fingerprint density at radius 1 is 1.12 bits per heavy atom.